The molecule has 6 atom stereocenters. The summed E-state index contributed by atoms with van der Waals surface area (Å²) in [4.78, 5) is 91.4. The molecule has 4 N–H and O–H groups in total. The van der Waals surface area contributed by atoms with E-state index in [0.29, 0.717) is 19.4 Å². The van der Waals surface area contributed by atoms with E-state index in [9.17, 15) is 28.8 Å². The molecule has 3 aliphatic carbocycles. The minimum absolute atomic E-state index is 0. The number of rotatable bonds is 13. The van der Waals surface area contributed by atoms with Crippen molar-refractivity contribution < 1.29 is 28.8 Å². The maximum atomic E-state index is 14.6. The van der Waals surface area contributed by atoms with Gasteiger partial charge in [0, 0.05) is 25.0 Å². The van der Waals surface area contributed by atoms with Crippen LogP contribution >= 0.6 is 27.0 Å². The highest BCUT2D eigenvalue weighted by Gasteiger charge is 2.52. The van der Waals surface area contributed by atoms with E-state index in [1.807, 2.05) is 27.7 Å². The molecule has 1 aliphatic heterocycles. The minimum Gasteiger partial charge on any atom is -0.347 e. The van der Waals surface area contributed by atoms with Gasteiger partial charge in [0.1, 0.15) is 23.8 Å². The van der Waals surface area contributed by atoms with Gasteiger partial charge in [-0.1, -0.05) is 89.5 Å². The average molecular weight is 812 g/mol. The van der Waals surface area contributed by atoms with Crippen LogP contribution in [0.1, 0.15) is 145 Å². The fourth-order valence-electron chi connectivity index (χ4n) is 7.87. The lowest BCUT2D eigenvalue weighted by Gasteiger charge is -2.38. The van der Waals surface area contributed by atoms with E-state index in [-0.39, 0.29) is 92.1 Å². The summed E-state index contributed by atoms with van der Waals surface area (Å²) in [6, 6.07) is -3.68. The molecule has 55 heavy (non-hydrogen) atoms. The number of carbonyl (C=O) groups is 6. The zero-order valence-electron chi connectivity index (χ0n) is 30.3. The Labute approximate surface area is 344 Å². The summed E-state index contributed by atoms with van der Waals surface area (Å²) in [6.07, 6.45) is 13.9. The first kappa shape index (κ1) is 53.9. The van der Waals surface area contributed by atoms with Gasteiger partial charge in [0.05, 0.1) is 12.2 Å². The molecule has 0 aromatic carbocycles. The summed E-state index contributed by atoms with van der Waals surface area (Å²) in [7, 11) is 0. The number of fused-ring (bicyclic) bond motifs is 1. The van der Waals surface area contributed by atoms with Crippen LogP contribution < -0.4 is 21.3 Å². The van der Waals surface area contributed by atoms with Crippen LogP contribution in [0, 0.1) is 23.2 Å². The fraction of sp³-hybridized carbons (Fsp3) is 0.750. The number of Topliss-reactive ketones (excluding diaryl/α,β-unsaturated/α-hetero) is 1. The predicted octanol–water partition coefficient (Wildman–Crippen LogP) is 5.22. The molecule has 1 saturated heterocycles. The lowest BCUT2D eigenvalue weighted by molar-refractivity contribution is -0.146. The van der Waals surface area contributed by atoms with Gasteiger partial charge in [0.15, 0.2) is 0 Å². The largest absolute Gasteiger partial charge is 0.347 e. The summed E-state index contributed by atoms with van der Waals surface area (Å²) >= 11 is 0. The molecule has 15 heteroatoms. The number of nitrogens with one attached hydrogen (secondary N) is 4. The van der Waals surface area contributed by atoms with Crippen molar-refractivity contribution in [3.05, 3.63) is 24.3 Å². The summed E-state index contributed by atoms with van der Waals surface area (Å²) in [5.74, 6) is -3.20. The van der Waals surface area contributed by atoms with Gasteiger partial charge in [-0.15, -0.1) is 0 Å². The molecule has 5 rings (SSSR count). The Morgan fingerprint density at radius 3 is 2.05 bits per heavy atom. The number of carbonyl (C=O) groups excluding carboxylic acids is 6. The van der Waals surface area contributed by atoms with Crippen molar-refractivity contribution in [1.82, 2.24) is 36.1 Å². The highest BCUT2D eigenvalue weighted by molar-refractivity contribution is 7.59. The van der Waals surface area contributed by atoms with Crippen LogP contribution in [0.3, 0.4) is 0 Å². The Morgan fingerprint density at radius 1 is 0.836 bits per heavy atom. The molecule has 3 saturated carbocycles. The van der Waals surface area contributed by atoms with E-state index in [4.69, 9.17) is 0 Å². The van der Waals surface area contributed by atoms with Crippen LogP contribution in [-0.2, 0) is 24.0 Å². The number of amides is 5. The Kier molecular flexibility index (Phi) is 23.3. The van der Waals surface area contributed by atoms with E-state index in [2.05, 4.69) is 31.2 Å². The van der Waals surface area contributed by atoms with E-state index in [1.54, 1.807) is 4.90 Å². The van der Waals surface area contributed by atoms with Crippen molar-refractivity contribution in [2.24, 2.45) is 23.2 Å². The lowest BCUT2D eigenvalue weighted by atomic mass is 9.82. The zero-order chi connectivity index (χ0) is 35.3. The van der Waals surface area contributed by atoms with Crippen molar-refractivity contribution in [2.75, 3.05) is 6.54 Å². The first-order chi connectivity index (χ1) is 23.4. The average Bonchev–Trinajstić information content (AvgIpc) is 3.65. The first-order valence-electron chi connectivity index (χ1n) is 18.2. The van der Waals surface area contributed by atoms with Crippen LogP contribution in [0.25, 0.3) is 0 Å². The number of hydrogen-bond acceptors (Lipinski definition) is 8. The lowest BCUT2D eigenvalue weighted by Crippen LogP contribution is -2.62. The molecule has 13 nitrogen and oxygen atoms in total. The van der Waals surface area contributed by atoms with Crippen molar-refractivity contribution in [1.29, 1.82) is 0 Å². The Hall–Kier alpha value is -3.20. The molecule has 4 aliphatic rings. The highest BCUT2D eigenvalue weighted by atomic mass is 32.1. The second-order valence-corrected chi connectivity index (χ2v) is 15.5. The van der Waals surface area contributed by atoms with Gasteiger partial charge in [-0.2, -0.15) is 27.0 Å². The number of ketones is 1. The molecule has 5 amide bonds. The van der Waals surface area contributed by atoms with Crippen LogP contribution in [0.4, 0.5) is 0 Å². The number of likely N-dealkylation sites (tertiary alicyclic amines) is 1. The number of hydrogen-bond donors (Lipinski definition) is 4. The third kappa shape index (κ3) is 13.5. The smallest absolute Gasteiger partial charge is 0.289 e. The standard InChI is InChI=1S/C36H53N7O6.4CH4.2H2S/c1-5-10-25(29(44)34(48)39-23-15-16-23)40-33(47)28-24-14-9-13-22(24)20-43(28)35(49)30(36(2,3)4)42-32(46)27(21-11-7-6-8-12-21)41-31(45)26-19-37-17-18-38-26;;;;;;/h17-19,21-25,27-28,30H,5-16,20H2,1-4H3,(H,39,48)(H,40,47)(H,41,45)(H,42,46);4*1H4;2*1H2/t22-,24-,25-,27-,28+,30+;;;;;;/m1....../s1. The molecule has 1 aromatic heterocycles. The SMILES string of the molecule is C.C.C.C.CCC[C@@H](NC(=O)[C@@H]1[C@@H]2CCC[C@@H]2CN1C(=O)[C@H](NC(=O)[C@H](NC(=O)c1cnccn1)C1CCCCC1)C(C)(C)C)C(=O)C(=O)NC1CC1.S.S. The molecule has 0 unspecified atom stereocenters. The van der Waals surface area contributed by atoms with Gasteiger partial charge >= 0.3 is 0 Å². The van der Waals surface area contributed by atoms with E-state index in [1.165, 1.54) is 18.6 Å². The van der Waals surface area contributed by atoms with Gasteiger partial charge in [-0.25, -0.2) is 4.98 Å². The van der Waals surface area contributed by atoms with E-state index >= 15 is 0 Å². The van der Waals surface area contributed by atoms with E-state index in [0.717, 1.165) is 64.2 Å². The van der Waals surface area contributed by atoms with Crippen LogP contribution in [0.15, 0.2) is 18.6 Å². The van der Waals surface area contributed by atoms with Gasteiger partial charge in [0.2, 0.25) is 23.5 Å². The van der Waals surface area contributed by atoms with Crippen molar-refractivity contribution >= 4 is 62.3 Å². The zero-order valence-corrected chi connectivity index (χ0v) is 32.3. The quantitative estimate of drug-likeness (QED) is 0.196. The van der Waals surface area contributed by atoms with E-state index < -0.39 is 59.0 Å². The molecular formula is C40H73N7O6S2. The Bertz CT molecular complexity index is 1400. The normalized spacial score (nSPS) is 21.6. The third-order valence-corrected chi connectivity index (χ3v) is 10.7. The van der Waals surface area contributed by atoms with Crippen LogP contribution in [0.2, 0.25) is 0 Å². The van der Waals surface area contributed by atoms with Crippen molar-refractivity contribution in [3.8, 4) is 0 Å². The van der Waals surface area contributed by atoms with Gasteiger partial charge in [0.25, 0.3) is 11.8 Å². The molecule has 0 bridgehead atoms. The summed E-state index contributed by atoms with van der Waals surface area (Å²) < 4.78 is 0. The topological polar surface area (TPSA) is 180 Å². The minimum atomic E-state index is -0.994. The molecule has 1 aromatic rings. The van der Waals surface area contributed by atoms with Crippen molar-refractivity contribution in [2.45, 2.75) is 165 Å². The highest BCUT2D eigenvalue weighted by Crippen LogP contribution is 2.43. The Morgan fingerprint density at radius 2 is 1.49 bits per heavy atom. The van der Waals surface area contributed by atoms with Crippen LogP contribution in [-0.4, -0.2) is 86.9 Å². The van der Waals surface area contributed by atoms with Crippen molar-refractivity contribution in [3.63, 3.8) is 0 Å². The molecule has 0 spiro atoms. The molecule has 0 radical (unpaired) electrons. The van der Waals surface area contributed by atoms with Gasteiger partial charge in [-0.3, -0.25) is 33.8 Å². The third-order valence-electron chi connectivity index (χ3n) is 10.7. The summed E-state index contributed by atoms with van der Waals surface area (Å²) in [5, 5.41) is 11.5. The monoisotopic (exact) mass is 812 g/mol. The van der Waals surface area contributed by atoms with Gasteiger partial charge in [-0.05, 0) is 68.1 Å². The maximum absolute atomic E-state index is 14.6. The number of nitrogens with zero attached hydrogens (tertiary/aromatic N) is 3. The molecule has 2 heterocycles. The first-order valence-corrected chi connectivity index (χ1v) is 18.2. The second-order valence-electron chi connectivity index (χ2n) is 15.5. The van der Waals surface area contributed by atoms with Crippen LogP contribution in [0.5, 0.6) is 0 Å². The fourth-order valence-corrected chi connectivity index (χ4v) is 7.87. The second kappa shape index (κ2) is 23.8. The Balaban J connectivity index is 0. The summed E-state index contributed by atoms with van der Waals surface area (Å²) in [5.41, 5.74) is -0.638. The maximum Gasteiger partial charge on any atom is 0.289 e. The van der Waals surface area contributed by atoms with Gasteiger partial charge < -0.3 is 26.2 Å². The number of aromatic nitrogens is 2. The molecular weight excluding hydrogens is 739 g/mol. The molecule has 4 fully saturated rings. The predicted molar refractivity (Wildman–Crippen MR) is 228 cm³/mol. The molecule has 316 valence electrons. The summed E-state index contributed by atoms with van der Waals surface area (Å²) in [6.45, 7) is 7.85.